The van der Waals surface area contributed by atoms with Gasteiger partial charge in [-0.1, -0.05) is 30.3 Å². The van der Waals surface area contributed by atoms with Crippen LogP contribution in [0.15, 0.2) is 48.5 Å². The van der Waals surface area contributed by atoms with Crippen LogP contribution in [0.3, 0.4) is 0 Å². The van der Waals surface area contributed by atoms with Gasteiger partial charge in [-0.25, -0.2) is 0 Å². The Hall–Kier alpha value is -3.15. The second-order valence-electron chi connectivity index (χ2n) is 6.26. The number of anilines is 1. The van der Waals surface area contributed by atoms with Gasteiger partial charge in [-0.05, 0) is 36.6 Å². The number of nitrogens with zero attached hydrogens (tertiary/aromatic N) is 1. The summed E-state index contributed by atoms with van der Waals surface area (Å²) in [5.41, 5.74) is 2.97. The largest absolute Gasteiger partial charge is 0.347 e. The summed E-state index contributed by atoms with van der Waals surface area (Å²) < 4.78 is 0. The molecular formula is C19H18N4O2. The van der Waals surface area contributed by atoms with Crippen molar-refractivity contribution in [3.63, 3.8) is 0 Å². The third-order valence-electron chi connectivity index (χ3n) is 4.31. The molecule has 6 nitrogen and oxygen atoms in total. The molecule has 0 aliphatic heterocycles. The standard InChI is InChI=1S/C19H18N4O2/c24-18(13-7-8-13)21-14-9-5-12(6-10-14)11-20-19(25)17-15-3-1-2-4-16(15)22-23-17/h1-6,9-10,13H,7-8,11H2,(H,20,25)(H,21,24)(H,22,23). The SMILES string of the molecule is O=C(NCc1ccc(NC(=O)C2CC2)cc1)c1n[nH]c2ccccc12. The van der Waals surface area contributed by atoms with Gasteiger partial charge in [0.25, 0.3) is 5.91 Å². The van der Waals surface area contributed by atoms with E-state index in [0.717, 1.165) is 35.0 Å². The van der Waals surface area contributed by atoms with Gasteiger partial charge >= 0.3 is 0 Å². The fourth-order valence-corrected chi connectivity index (χ4v) is 2.70. The number of H-pyrrole nitrogens is 1. The second-order valence-corrected chi connectivity index (χ2v) is 6.26. The molecule has 0 saturated heterocycles. The fourth-order valence-electron chi connectivity index (χ4n) is 2.70. The minimum Gasteiger partial charge on any atom is -0.347 e. The fraction of sp³-hybridized carbons (Fsp3) is 0.211. The first-order valence-electron chi connectivity index (χ1n) is 8.32. The Morgan fingerprint density at radius 2 is 1.84 bits per heavy atom. The van der Waals surface area contributed by atoms with E-state index in [-0.39, 0.29) is 17.7 Å². The van der Waals surface area contributed by atoms with Crippen molar-refractivity contribution in [2.24, 2.45) is 5.92 Å². The van der Waals surface area contributed by atoms with Crippen LogP contribution in [0.4, 0.5) is 5.69 Å². The van der Waals surface area contributed by atoms with Gasteiger partial charge < -0.3 is 10.6 Å². The lowest BCUT2D eigenvalue weighted by atomic mass is 10.2. The monoisotopic (exact) mass is 334 g/mol. The highest BCUT2D eigenvalue weighted by molar-refractivity contribution is 6.04. The van der Waals surface area contributed by atoms with E-state index in [2.05, 4.69) is 20.8 Å². The number of rotatable bonds is 5. The van der Waals surface area contributed by atoms with Crippen LogP contribution in [0.1, 0.15) is 28.9 Å². The molecule has 1 aromatic heterocycles. The third kappa shape index (κ3) is 3.38. The number of hydrogen-bond acceptors (Lipinski definition) is 3. The van der Waals surface area contributed by atoms with Crippen LogP contribution < -0.4 is 10.6 Å². The molecule has 1 heterocycles. The number of nitrogens with one attached hydrogen (secondary N) is 3. The van der Waals surface area contributed by atoms with Gasteiger partial charge in [0.2, 0.25) is 5.91 Å². The normalized spacial score (nSPS) is 13.6. The van der Waals surface area contributed by atoms with Gasteiger partial charge in [0.15, 0.2) is 5.69 Å². The molecule has 1 aliphatic carbocycles. The predicted molar refractivity (Wildman–Crippen MR) is 95.1 cm³/mol. The molecule has 0 atom stereocenters. The molecule has 126 valence electrons. The van der Waals surface area contributed by atoms with Crippen LogP contribution >= 0.6 is 0 Å². The van der Waals surface area contributed by atoms with Gasteiger partial charge in [0, 0.05) is 23.5 Å². The number of carbonyl (C=O) groups is 2. The molecule has 1 fully saturated rings. The van der Waals surface area contributed by atoms with Gasteiger partial charge in [-0.2, -0.15) is 5.10 Å². The number of benzene rings is 2. The molecule has 0 spiro atoms. The van der Waals surface area contributed by atoms with Crippen molar-refractivity contribution in [1.82, 2.24) is 15.5 Å². The Kier molecular flexibility index (Phi) is 3.93. The number of amides is 2. The number of aromatic amines is 1. The zero-order valence-corrected chi connectivity index (χ0v) is 13.6. The number of fused-ring (bicyclic) bond motifs is 1. The van der Waals surface area contributed by atoms with E-state index in [1.165, 1.54) is 0 Å². The molecular weight excluding hydrogens is 316 g/mol. The first-order chi connectivity index (χ1) is 12.2. The highest BCUT2D eigenvalue weighted by atomic mass is 16.2. The molecule has 1 aliphatic rings. The van der Waals surface area contributed by atoms with Crippen molar-refractivity contribution in [1.29, 1.82) is 0 Å². The van der Waals surface area contributed by atoms with Crippen molar-refractivity contribution in [3.8, 4) is 0 Å². The zero-order valence-electron chi connectivity index (χ0n) is 13.6. The number of carbonyl (C=O) groups excluding carboxylic acids is 2. The first-order valence-corrected chi connectivity index (χ1v) is 8.32. The summed E-state index contributed by atoms with van der Waals surface area (Å²) in [6.07, 6.45) is 1.97. The van der Waals surface area contributed by atoms with Gasteiger partial charge in [0.05, 0.1) is 5.52 Å². The van der Waals surface area contributed by atoms with E-state index in [0.29, 0.717) is 12.2 Å². The molecule has 2 amide bonds. The first kappa shape index (κ1) is 15.4. The third-order valence-corrected chi connectivity index (χ3v) is 4.31. The number of hydrogen-bond donors (Lipinski definition) is 3. The smallest absolute Gasteiger partial charge is 0.272 e. The van der Waals surface area contributed by atoms with Gasteiger partial charge in [-0.3, -0.25) is 14.7 Å². The lowest BCUT2D eigenvalue weighted by molar-refractivity contribution is -0.117. The average molecular weight is 334 g/mol. The molecule has 0 radical (unpaired) electrons. The Morgan fingerprint density at radius 1 is 1.08 bits per heavy atom. The van der Waals surface area contributed by atoms with Crippen molar-refractivity contribution < 1.29 is 9.59 Å². The second kappa shape index (κ2) is 6.39. The van der Waals surface area contributed by atoms with Crippen LogP contribution in [0.2, 0.25) is 0 Å². The lowest BCUT2D eigenvalue weighted by Crippen LogP contribution is -2.23. The highest BCUT2D eigenvalue weighted by Crippen LogP contribution is 2.30. The Bertz CT molecular complexity index is 926. The van der Waals surface area contributed by atoms with Crippen molar-refractivity contribution in [2.45, 2.75) is 19.4 Å². The van der Waals surface area contributed by atoms with Crippen LogP contribution in [-0.4, -0.2) is 22.0 Å². The summed E-state index contributed by atoms with van der Waals surface area (Å²) in [4.78, 5) is 24.1. The van der Waals surface area contributed by atoms with E-state index >= 15 is 0 Å². The molecule has 4 rings (SSSR count). The molecule has 0 unspecified atom stereocenters. The Morgan fingerprint density at radius 3 is 2.60 bits per heavy atom. The van der Waals surface area contributed by atoms with Crippen LogP contribution in [0.5, 0.6) is 0 Å². The maximum absolute atomic E-state index is 12.3. The maximum atomic E-state index is 12.3. The molecule has 2 aromatic carbocycles. The molecule has 3 aromatic rings. The van der Waals surface area contributed by atoms with Crippen LogP contribution in [-0.2, 0) is 11.3 Å². The van der Waals surface area contributed by atoms with Crippen molar-refractivity contribution in [3.05, 3.63) is 59.8 Å². The molecule has 3 N–H and O–H groups in total. The topological polar surface area (TPSA) is 86.9 Å². The van der Waals surface area contributed by atoms with Crippen molar-refractivity contribution >= 4 is 28.4 Å². The summed E-state index contributed by atoms with van der Waals surface area (Å²) in [5, 5.41) is 13.5. The van der Waals surface area contributed by atoms with E-state index < -0.39 is 0 Å². The van der Waals surface area contributed by atoms with Gasteiger partial charge in [-0.15, -0.1) is 0 Å². The number of para-hydroxylation sites is 1. The van der Waals surface area contributed by atoms with Gasteiger partial charge in [0.1, 0.15) is 0 Å². The minimum atomic E-state index is -0.219. The lowest BCUT2D eigenvalue weighted by Gasteiger charge is -2.07. The Balaban J connectivity index is 1.37. The van der Waals surface area contributed by atoms with Crippen LogP contribution in [0, 0.1) is 5.92 Å². The quantitative estimate of drug-likeness (QED) is 0.670. The highest BCUT2D eigenvalue weighted by Gasteiger charge is 2.29. The summed E-state index contributed by atoms with van der Waals surface area (Å²) in [5.74, 6) is 0.0534. The Labute approximate surface area is 144 Å². The number of aromatic nitrogens is 2. The summed E-state index contributed by atoms with van der Waals surface area (Å²) >= 11 is 0. The average Bonchev–Trinajstić information content (AvgIpc) is 3.40. The minimum absolute atomic E-state index is 0.0893. The summed E-state index contributed by atoms with van der Waals surface area (Å²) in [6.45, 7) is 0.400. The molecule has 25 heavy (non-hydrogen) atoms. The van der Waals surface area contributed by atoms with Crippen molar-refractivity contribution in [2.75, 3.05) is 5.32 Å². The predicted octanol–water partition coefficient (Wildman–Crippen LogP) is 2.84. The molecule has 1 saturated carbocycles. The van der Waals surface area contributed by atoms with E-state index in [1.807, 2.05) is 48.5 Å². The molecule has 0 bridgehead atoms. The maximum Gasteiger partial charge on any atom is 0.272 e. The molecule has 6 heteroatoms. The van der Waals surface area contributed by atoms with E-state index in [9.17, 15) is 9.59 Å². The van der Waals surface area contributed by atoms with E-state index in [1.54, 1.807) is 0 Å². The van der Waals surface area contributed by atoms with Crippen LogP contribution in [0.25, 0.3) is 10.9 Å². The summed E-state index contributed by atoms with van der Waals surface area (Å²) in [7, 11) is 0. The summed E-state index contributed by atoms with van der Waals surface area (Å²) in [6, 6.07) is 15.0. The van der Waals surface area contributed by atoms with E-state index in [4.69, 9.17) is 0 Å². The zero-order chi connectivity index (χ0) is 17.2.